The van der Waals surface area contributed by atoms with Gasteiger partial charge in [0, 0.05) is 21.9 Å². The molecule has 4 nitrogen and oxygen atoms in total. The van der Waals surface area contributed by atoms with Crippen LogP contribution in [-0.2, 0) is 5.41 Å². The molecule has 0 radical (unpaired) electrons. The predicted octanol–water partition coefficient (Wildman–Crippen LogP) is 16.1. The van der Waals surface area contributed by atoms with Gasteiger partial charge in [-0.25, -0.2) is 15.0 Å². The standard InChI is InChI=1S/C64H39N3O/c1-3-17-40(18-4-1)44-35-36-58-54(39-44)52-30-16-31-53(60(52)68-58)63-66-61(41-19-5-2-6-20-41)65-62(67-63)46-24-14-22-43(38-46)42-21-13-23-45(37-42)47-28-15-29-51-50-27-9-12-34-57(50)64(59(47)51)55-32-10-7-25-48(55)49-26-8-11-33-56(49)64/h1-39H. The summed E-state index contributed by atoms with van der Waals surface area (Å²) in [6.07, 6.45) is 0. The number of para-hydroxylation sites is 1. The summed E-state index contributed by atoms with van der Waals surface area (Å²) in [6.45, 7) is 0. The van der Waals surface area contributed by atoms with Crippen LogP contribution in [0.5, 0.6) is 0 Å². The van der Waals surface area contributed by atoms with E-state index < -0.39 is 5.41 Å². The Morgan fingerprint density at radius 3 is 1.43 bits per heavy atom. The summed E-state index contributed by atoms with van der Waals surface area (Å²) in [6, 6.07) is 84.6. The smallest absolute Gasteiger partial charge is 0.167 e. The first kappa shape index (κ1) is 38.3. The van der Waals surface area contributed by atoms with E-state index in [-0.39, 0.29) is 0 Å². The van der Waals surface area contributed by atoms with E-state index >= 15 is 0 Å². The lowest BCUT2D eigenvalue weighted by Gasteiger charge is -2.32. The third-order valence-electron chi connectivity index (χ3n) is 14.2. The lowest BCUT2D eigenvalue weighted by molar-refractivity contribution is 0.669. The lowest BCUT2D eigenvalue weighted by Crippen LogP contribution is -2.26. The molecule has 2 aliphatic rings. The van der Waals surface area contributed by atoms with Crippen LogP contribution in [0.1, 0.15) is 22.3 Å². The molecule has 12 aromatic rings. The molecule has 2 aromatic heterocycles. The summed E-state index contributed by atoms with van der Waals surface area (Å²) in [4.78, 5) is 15.5. The van der Waals surface area contributed by atoms with Crippen LogP contribution in [0.2, 0.25) is 0 Å². The molecule has 0 amide bonds. The molecule has 0 atom stereocenters. The number of aromatic nitrogens is 3. The van der Waals surface area contributed by atoms with Gasteiger partial charge in [-0.05, 0) is 108 Å². The number of hydrogen-bond acceptors (Lipinski definition) is 4. The van der Waals surface area contributed by atoms with Gasteiger partial charge in [-0.1, -0.05) is 206 Å². The Kier molecular flexibility index (Phi) is 8.46. The van der Waals surface area contributed by atoms with Crippen molar-refractivity contribution in [1.82, 2.24) is 15.0 Å². The largest absolute Gasteiger partial charge is 0.455 e. The summed E-state index contributed by atoms with van der Waals surface area (Å²) < 4.78 is 6.66. The third-order valence-corrected chi connectivity index (χ3v) is 14.2. The van der Waals surface area contributed by atoms with Gasteiger partial charge in [0.1, 0.15) is 11.2 Å². The van der Waals surface area contributed by atoms with Crippen molar-refractivity contribution < 1.29 is 4.42 Å². The van der Waals surface area contributed by atoms with Crippen molar-refractivity contribution >= 4 is 21.9 Å². The van der Waals surface area contributed by atoms with Gasteiger partial charge in [0.25, 0.3) is 0 Å². The summed E-state index contributed by atoms with van der Waals surface area (Å²) in [7, 11) is 0. The Bertz CT molecular complexity index is 3920. The fourth-order valence-corrected chi connectivity index (χ4v) is 11.2. The number of benzene rings is 10. The third kappa shape index (κ3) is 5.71. The average Bonchev–Trinajstić information content (AvgIpc) is 4.05. The van der Waals surface area contributed by atoms with Gasteiger partial charge >= 0.3 is 0 Å². The number of nitrogens with zero attached hydrogens (tertiary/aromatic N) is 3. The number of fused-ring (bicyclic) bond motifs is 13. The van der Waals surface area contributed by atoms with E-state index in [1.807, 2.05) is 42.5 Å². The van der Waals surface area contributed by atoms with E-state index in [0.29, 0.717) is 17.5 Å². The molecule has 4 heteroatoms. The Hall–Kier alpha value is -8.99. The van der Waals surface area contributed by atoms with Crippen LogP contribution in [-0.4, -0.2) is 15.0 Å². The highest BCUT2D eigenvalue weighted by molar-refractivity contribution is 6.10. The van der Waals surface area contributed by atoms with Crippen LogP contribution >= 0.6 is 0 Å². The van der Waals surface area contributed by atoms with Gasteiger partial charge in [0.05, 0.1) is 11.0 Å². The van der Waals surface area contributed by atoms with E-state index in [2.05, 4.69) is 194 Å². The maximum absolute atomic E-state index is 6.66. The summed E-state index contributed by atoms with van der Waals surface area (Å²) >= 11 is 0. The lowest BCUT2D eigenvalue weighted by atomic mass is 9.68. The Labute approximate surface area is 393 Å². The molecule has 0 N–H and O–H groups in total. The first-order valence-electron chi connectivity index (χ1n) is 23.2. The summed E-state index contributed by atoms with van der Waals surface area (Å²) in [5.41, 5.74) is 21.1. The molecule has 68 heavy (non-hydrogen) atoms. The van der Waals surface area contributed by atoms with Crippen molar-refractivity contribution in [3.05, 3.63) is 259 Å². The van der Waals surface area contributed by atoms with E-state index in [1.165, 1.54) is 55.6 Å². The van der Waals surface area contributed by atoms with Crippen molar-refractivity contribution in [3.63, 3.8) is 0 Å². The second-order valence-corrected chi connectivity index (χ2v) is 17.8. The van der Waals surface area contributed by atoms with E-state index in [9.17, 15) is 0 Å². The molecular formula is C64H39N3O. The zero-order valence-corrected chi connectivity index (χ0v) is 36.8. The molecule has 0 aliphatic heterocycles. The van der Waals surface area contributed by atoms with Crippen molar-refractivity contribution in [1.29, 1.82) is 0 Å². The minimum atomic E-state index is -0.448. The monoisotopic (exact) mass is 865 g/mol. The molecule has 316 valence electrons. The van der Waals surface area contributed by atoms with Crippen LogP contribution in [0.25, 0.3) is 112 Å². The van der Waals surface area contributed by atoms with Crippen LogP contribution < -0.4 is 0 Å². The molecule has 0 fully saturated rings. The highest BCUT2D eigenvalue weighted by atomic mass is 16.3. The number of hydrogen-bond donors (Lipinski definition) is 0. The highest BCUT2D eigenvalue weighted by Gasteiger charge is 2.52. The topological polar surface area (TPSA) is 51.8 Å². The molecule has 14 rings (SSSR count). The molecule has 0 unspecified atom stereocenters. The van der Waals surface area contributed by atoms with Gasteiger partial charge in [0.2, 0.25) is 0 Å². The highest BCUT2D eigenvalue weighted by Crippen LogP contribution is 2.64. The summed E-state index contributed by atoms with van der Waals surface area (Å²) in [5.74, 6) is 1.74. The van der Waals surface area contributed by atoms with E-state index in [0.717, 1.165) is 60.9 Å². The van der Waals surface area contributed by atoms with Gasteiger partial charge in [0.15, 0.2) is 17.5 Å². The molecule has 1 spiro atoms. The van der Waals surface area contributed by atoms with Crippen LogP contribution in [0.3, 0.4) is 0 Å². The minimum absolute atomic E-state index is 0.448. The molecule has 2 heterocycles. The Morgan fingerprint density at radius 2 is 0.735 bits per heavy atom. The molecule has 10 aromatic carbocycles. The zero-order valence-electron chi connectivity index (χ0n) is 36.8. The number of rotatable bonds is 6. The van der Waals surface area contributed by atoms with Gasteiger partial charge in [-0.2, -0.15) is 0 Å². The van der Waals surface area contributed by atoms with Crippen molar-refractivity contribution in [2.75, 3.05) is 0 Å². The van der Waals surface area contributed by atoms with E-state index in [4.69, 9.17) is 19.4 Å². The quantitative estimate of drug-likeness (QED) is 0.167. The minimum Gasteiger partial charge on any atom is -0.455 e. The first-order chi connectivity index (χ1) is 33.7. The van der Waals surface area contributed by atoms with Crippen LogP contribution in [0.15, 0.2) is 241 Å². The second kappa shape index (κ2) is 15.0. The van der Waals surface area contributed by atoms with Crippen molar-refractivity contribution in [2.24, 2.45) is 0 Å². The van der Waals surface area contributed by atoms with Crippen LogP contribution in [0, 0.1) is 0 Å². The molecule has 0 saturated heterocycles. The van der Waals surface area contributed by atoms with E-state index in [1.54, 1.807) is 0 Å². The van der Waals surface area contributed by atoms with Crippen molar-refractivity contribution in [2.45, 2.75) is 5.41 Å². The maximum Gasteiger partial charge on any atom is 0.167 e. The number of furan rings is 1. The fraction of sp³-hybridized carbons (Fsp3) is 0.0156. The van der Waals surface area contributed by atoms with Gasteiger partial charge in [-0.3, -0.25) is 0 Å². The average molecular weight is 866 g/mol. The maximum atomic E-state index is 6.66. The van der Waals surface area contributed by atoms with Crippen molar-refractivity contribution in [3.8, 4) is 89.8 Å². The summed E-state index contributed by atoms with van der Waals surface area (Å²) in [5, 5.41) is 2.06. The Balaban J connectivity index is 0.900. The predicted molar refractivity (Wildman–Crippen MR) is 276 cm³/mol. The van der Waals surface area contributed by atoms with Gasteiger partial charge in [-0.15, -0.1) is 0 Å². The molecule has 0 saturated carbocycles. The normalized spacial score (nSPS) is 12.8. The SMILES string of the molecule is c1ccc(-c2ccc3oc4c(-c5nc(-c6ccccc6)nc(-c6cccc(-c7cccc(-c8cccc9c8C8(c%10ccccc%10-c%10ccccc%108)c8ccccc8-9)c7)c6)n5)cccc4c3c2)cc1. The fourth-order valence-electron chi connectivity index (χ4n) is 11.2. The second-order valence-electron chi connectivity index (χ2n) is 17.8. The molecular weight excluding hydrogens is 827 g/mol. The molecule has 0 bridgehead atoms. The first-order valence-corrected chi connectivity index (χ1v) is 23.2. The molecule has 2 aliphatic carbocycles. The Morgan fingerprint density at radius 1 is 0.279 bits per heavy atom. The zero-order chi connectivity index (χ0) is 44.8. The van der Waals surface area contributed by atoms with Gasteiger partial charge < -0.3 is 4.42 Å². The van der Waals surface area contributed by atoms with Crippen LogP contribution in [0.4, 0.5) is 0 Å².